The van der Waals surface area contributed by atoms with Crippen molar-refractivity contribution in [2.24, 2.45) is 5.73 Å². The molecule has 0 radical (unpaired) electrons. The van der Waals surface area contributed by atoms with E-state index in [2.05, 4.69) is 17.4 Å². The molecule has 0 heterocycles. The van der Waals surface area contributed by atoms with E-state index in [4.69, 9.17) is 20.0 Å². The lowest BCUT2D eigenvalue weighted by Gasteiger charge is -2.17. The molecule has 0 saturated heterocycles. The zero-order valence-corrected chi connectivity index (χ0v) is 21.6. The topological polar surface area (TPSA) is 149 Å². The molecule has 35 heavy (non-hydrogen) atoms. The smallest absolute Gasteiger partial charge is 0.341 e. The summed E-state index contributed by atoms with van der Waals surface area (Å²) in [6.45, 7) is 11.0. The molecule has 0 aliphatic heterocycles. The summed E-state index contributed by atoms with van der Waals surface area (Å²) in [5, 5.41) is 12.8. The Kier molecular flexibility index (Phi) is 14.1. The van der Waals surface area contributed by atoms with Crippen LogP contribution in [-0.2, 0) is 24.0 Å². The van der Waals surface area contributed by atoms with Gasteiger partial charge in [-0.25, -0.2) is 4.79 Å². The number of ether oxygens (including phenoxy) is 2. The van der Waals surface area contributed by atoms with Crippen LogP contribution in [0.2, 0.25) is 6.82 Å². The first-order valence-electron chi connectivity index (χ1n) is 11.4. The number of thioether (sulfide) groups is 1. The third-order valence-corrected chi connectivity index (χ3v) is 5.64. The van der Waals surface area contributed by atoms with Gasteiger partial charge in [-0.05, 0) is 50.4 Å². The third-order valence-electron chi connectivity index (χ3n) is 4.61. The highest BCUT2D eigenvalue weighted by Crippen LogP contribution is 2.16. The van der Waals surface area contributed by atoms with Crippen molar-refractivity contribution in [3.8, 4) is 5.75 Å². The second kappa shape index (κ2) is 16.2. The summed E-state index contributed by atoms with van der Waals surface area (Å²) < 4.78 is 10.7. The Labute approximate surface area is 211 Å². The van der Waals surface area contributed by atoms with E-state index in [-0.39, 0.29) is 24.0 Å². The number of nitrogens with one attached hydrogen (secondary N) is 2. The predicted molar refractivity (Wildman–Crippen MR) is 138 cm³/mol. The molecule has 2 unspecified atom stereocenters. The predicted octanol–water partition coefficient (Wildman–Crippen LogP) is 0.485. The van der Waals surface area contributed by atoms with Crippen LogP contribution in [-0.4, -0.2) is 73.1 Å². The van der Waals surface area contributed by atoms with Crippen LogP contribution in [0.25, 0.3) is 5.57 Å². The number of carbonyl (C=O) groups is 3. The number of benzene rings is 1. The molecule has 0 saturated carbocycles. The highest BCUT2D eigenvalue weighted by molar-refractivity contribution is 8.00. The van der Waals surface area contributed by atoms with E-state index in [9.17, 15) is 19.4 Å². The SMILES string of the molecule is C=C(C)c1ccc(OCCCNC(=O)CSCC(NOC(=O)C(C)N)C(=O)OCC)cc1B(C)O. The summed E-state index contributed by atoms with van der Waals surface area (Å²) >= 11 is 1.19. The van der Waals surface area contributed by atoms with Crippen LogP contribution in [0.3, 0.4) is 0 Å². The molecule has 0 aromatic heterocycles. The number of carbonyl (C=O) groups excluding carboxylic acids is 3. The van der Waals surface area contributed by atoms with Gasteiger partial charge in [0.05, 0.1) is 19.0 Å². The molecule has 1 rings (SSSR count). The van der Waals surface area contributed by atoms with E-state index in [0.717, 1.165) is 16.6 Å². The molecule has 1 amide bonds. The number of nitrogens with two attached hydrogens (primary N) is 1. The van der Waals surface area contributed by atoms with Gasteiger partial charge in [-0.3, -0.25) is 9.59 Å². The Hall–Kier alpha value is -2.54. The van der Waals surface area contributed by atoms with Crippen LogP contribution in [0, 0.1) is 0 Å². The number of hydroxylamine groups is 1. The number of hydrogen-bond donors (Lipinski definition) is 4. The summed E-state index contributed by atoms with van der Waals surface area (Å²) in [6.07, 6.45) is 0.586. The Balaban J connectivity index is 2.37. The fourth-order valence-electron chi connectivity index (χ4n) is 2.79. The first kappa shape index (κ1) is 30.5. The normalized spacial score (nSPS) is 12.3. The standard InChI is InChI=1S/C23H36BN3O7S/c1-6-32-23(30)20(27-34-22(29)16(4)25)13-35-14-21(28)26-10-7-11-33-17-8-9-18(15(2)3)19(12-17)24(5)31/h8-9,12,16,20,27,31H,2,6-7,10-11,13-14,25H2,1,3-5H3,(H,26,28). The lowest BCUT2D eigenvalue weighted by molar-refractivity contribution is -0.160. The molecule has 0 aliphatic carbocycles. The van der Waals surface area contributed by atoms with Crippen molar-refractivity contribution in [2.45, 2.75) is 46.1 Å². The maximum absolute atomic E-state index is 12.1. The van der Waals surface area contributed by atoms with E-state index >= 15 is 0 Å². The second-order valence-corrected chi connectivity index (χ2v) is 8.93. The second-order valence-electron chi connectivity index (χ2n) is 7.90. The van der Waals surface area contributed by atoms with E-state index in [1.807, 2.05) is 19.1 Å². The van der Waals surface area contributed by atoms with Crippen molar-refractivity contribution in [3.63, 3.8) is 0 Å². The lowest BCUT2D eigenvalue weighted by atomic mass is 9.62. The Bertz CT molecular complexity index is 868. The first-order chi connectivity index (χ1) is 16.6. The molecule has 0 aliphatic rings. The maximum Gasteiger partial charge on any atom is 0.341 e. The molecule has 1 aromatic rings. The molecule has 12 heteroatoms. The minimum Gasteiger partial charge on any atom is -0.494 e. The van der Waals surface area contributed by atoms with Gasteiger partial charge in [0.1, 0.15) is 17.8 Å². The molecule has 0 fully saturated rings. The number of hydrogen-bond acceptors (Lipinski definition) is 10. The fraction of sp³-hybridized carbons (Fsp3) is 0.522. The number of rotatable bonds is 16. The largest absolute Gasteiger partial charge is 0.494 e. The average Bonchev–Trinajstić information content (AvgIpc) is 2.80. The van der Waals surface area contributed by atoms with E-state index < -0.39 is 30.9 Å². The molecule has 194 valence electrons. The van der Waals surface area contributed by atoms with Gasteiger partial charge in [0.15, 0.2) is 0 Å². The quantitative estimate of drug-likeness (QED) is 0.107. The van der Waals surface area contributed by atoms with Crippen molar-refractivity contribution < 1.29 is 33.7 Å². The lowest BCUT2D eigenvalue weighted by Crippen LogP contribution is -2.44. The molecule has 1 aromatic carbocycles. The summed E-state index contributed by atoms with van der Waals surface area (Å²) in [4.78, 5) is 40.4. The van der Waals surface area contributed by atoms with Gasteiger partial charge in [0.2, 0.25) is 5.91 Å². The first-order valence-corrected chi connectivity index (χ1v) is 12.6. The van der Waals surface area contributed by atoms with Crippen LogP contribution >= 0.6 is 11.8 Å². The van der Waals surface area contributed by atoms with Gasteiger partial charge in [-0.15, -0.1) is 17.2 Å². The van der Waals surface area contributed by atoms with Gasteiger partial charge in [0.25, 0.3) is 0 Å². The molecule has 0 bridgehead atoms. The van der Waals surface area contributed by atoms with Crippen molar-refractivity contribution in [1.29, 1.82) is 0 Å². The van der Waals surface area contributed by atoms with Crippen molar-refractivity contribution in [2.75, 3.05) is 31.3 Å². The average molecular weight is 509 g/mol. The minimum absolute atomic E-state index is 0.111. The van der Waals surface area contributed by atoms with Crippen LogP contribution in [0.5, 0.6) is 5.75 Å². The molecule has 2 atom stereocenters. The van der Waals surface area contributed by atoms with Crippen molar-refractivity contribution >= 4 is 47.6 Å². The minimum atomic E-state index is -0.924. The number of allylic oxidation sites excluding steroid dienone is 1. The third kappa shape index (κ3) is 11.6. The van der Waals surface area contributed by atoms with E-state index in [0.29, 0.717) is 25.3 Å². The van der Waals surface area contributed by atoms with Crippen LogP contribution in [0.1, 0.15) is 32.8 Å². The highest BCUT2D eigenvalue weighted by Gasteiger charge is 2.23. The summed E-state index contributed by atoms with van der Waals surface area (Å²) in [6, 6.07) is 3.72. The summed E-state index contributed by atoms with van der Waals surface area (Å²) in [5.74, 6) is -0.599. The maximum atomic E-state index is 12.1. The van der Waals surface area contributed by atoms with Gasteiger partial charge in [0, 0.05) is 12.3 Å². The van der Waals surface area contributed by atoms with Gasteiger partial charge in [-0.2, -0.15) is 0 Å². The number of esters is 1. The van der Waals surface area contributed by atoms with Gasteiger partial charge < -0.3 is 30.4 Å². The highest BCUT2D eigenvalue weighted by atomic mass is 32.2. The van der Waals surface area contributed by atoms with Gasteiger partial charge in [-0.1, -0.05) is 25.0 Å². The zero-order chi connectivity index (χ0) is 26.4. The Morgan fingerprint density at radius 2 is 2.00 bits per heavy atom. The van der Waals surface area contributed by atoms with Crippen LogP contribution in [0.4, 0.5) is 0 Å². The van der Waals surface area contributed by atoms with Crippen LogP contribution in [0.15, 0.2) is 24.8 Å². The van der Waals surface area contributed by atoms with E-state index in [1.54, 1.807) is 19.8 Å². The van der Waals surface area contributed by atoms with Gasteiger partial charge >= 0.3 is 18.9 Å². The molecule has 5 N–H and O–H groups in total. The molecular formula is C23H36BN3O7S. The number of amides is 1. The fourth-order valence-corrected chi connectivity index (χ4v) is 3.64. The Morgan fingerprint density at radius 1 is 1.29 bits per heavy atom. The molecule has 0 spiro atoms. The molecule has 10 nitrogen and oxygen atoms in total. The Morgan fingerprint density at radius 3 is 2.60 bits per heavy atom. The monoisotopic (exact) mass is 509 g/mol. The van der Waals surface area contributed by atoms with Crippen molar-refractivity contribution in [3.05, 3.63) is 30.3 Å². The van der Waals surface area contributed by atoms with Crippen LogP contribution < -0.4 is 26.7 Å². The molecular weight excluding hydrogens is 473 g/mol. The zero-order valence-electron chi connectivity index (χ0n) is 20.8. The van der Waals surface area contributed by atoms with E-state index in [1.165, 1.54) is 18.7 Å². The van der Waals surface area contributed by atoms with Crippen molar-refractivity contribution in [1.82, 2.24) is 10.8 Å². The summed E-state index contributed by atoms with van der Waals surface area (Å²) in [5.41, 5.74) is 10.3. The summed E-state index contributed by atoms with van der Waals surface area (Å²) in [7, 11) is 0.